The van der Waals surface area contributed by atoms with Gasteiger partial charge in [0.15, 0.2) is 5.96 Å². The van der Waals surface area contributed by atoms with E-state index < -0.39 is 0 Å². The highest BCUT2D eigenvalue weighted by Crippen LogP contribution is 2.22. The molecule has 2 N–H and O–H groups in total. The quantitative estimate of drug-likeness (QED) is 0.656. The zero-order chi connectivity index (χ0) is 16.1. The molecule has 122 valence electrons. The third-order valence-corrected chi connectivity index (χ3v) is 4.21. The summed E-state index contributed by atoms with van der Waals surface area (Å²) in [5.41, 5.74) is 2.67. The minimum atomic E-state index is 0.0474. The van der Waals surface area contributed by atoms with Gasteiger partial charge >= 0.3 is 0 Å². The second-order valence-corrected chi connectivity index (χ2v) is 6.03. The van der Waals surface area contributed by atoms with Gasteiger partial charge in [-0.3, -0.25) is 9.79 Å². The molecule has 1 saturated carbocycles. The number of hydrogen-bond donors (Lipinski definition) is 2. The first-order valence-electron chi connectivity index (χ1n) is 8.25. The standard InChI is InChI=1S/C18H24N4O/c1-19-18(20-13-17(23)21-16-7-8-16)22-11-9-15(10-12-22)14-5-3-2-4-6-14/h2-6,9,16H,7-8,10-13H2,1H3,(H,19,20)(H,21,23). The minimum Gasteiger partial charge on any atom is -0.352 e. The number of rotatable bonds is 4. The van der Waals surface area contributed by atoms with Crippen molar-refractivity contribution in [2.75, 3.05) is 26.7 Å². The van der Waals surface area contributed by atoms with Crippen molar-refractivity contribution in [3.8, 4) is 0 Å². The van der Waals surface area contributed by atoms with Crippen LogP contribution < -0.4 is 10.6 Å². The minimum absolute atomic E-state index is 0.0474. The van der Waals surface area contributed by atoms with Crippen LogP contribution in [-0.4, -0.2) is 49.5 Å². The molecule has 1 heterocycles. The highest BCUT2D eigenvalue weighted by atomic mass is 16.2. The van der Waals surface area contributed by atoms with E-state index in [9.17, 15) is 4.79 Å². The van der Waals surface area contributed by atoms with Gasteiger partial charge in [0.1, 0.15) is 0 Å². The van der Waals surface area contributed by atoms with Crippen molar-refractivity contribution < 1.29 is 4.79 Å². The van der Waals surface area contributed by atoms with Crippen molar-refractivity contribution in [2.24, 2.45) is 4.99 Å². The molecule has 0 spiro atoms. The second-order valence-electron chi connectivity index (χ2n) is 6.03. The van der Waals surface area contributed by atoms with Crippen LogP contribution in [0.2, 0.25) is 0 Å². The Morgan fingerprint density at radius 1 is 1.30 bits per heavy atom. The fourth-order valence-electron chi connectivity index (χ4n) is 2.77. The second kappa shape index (κ2) is 7.31. The molecule has 0 aromatic heterocycles. The van der Waals surface area contributed by atoms with Crippen molar-refractivity contribution in [3.05, 3.63) is 42.0 Å². The Kier molecular flexibility index (Phi) is 4.95. The molecule has 0 atom stereocenters. The molecule has 0 radical (unpaired) electrons. The average Bonchev–Trinajstić information content (AvgIpc) is 3.41. The van der Waals surface area contributed by atoms with Crippen molar-refractivity contribution >= 4 is 17.4 Å². The van der Waals surface area contributed by atoms with Crippen LogP contribution in [0.5, 0.6) is 0 Å². The molecule has 23 heavy (non-hydrogen) atoms. The van der Waals surface area contributed by atoms with Crippen LogP contribution in [0.1, 0.15) is 24.8 Å². The maximum absolute atomic E-state index is 11.8. The Morgan fingerprint density at radius 3 is 2.70 bits per heavy atom. The molecule has 1 aliphatic heterocycles. The van der Waals surface area contributed by atoms with E-state index in [1.807, 2.05) is 6.07 Å². The predicted octanol–water partition coefficient (Wildman–Crippen LogP) is 1.63. The summed E-state index contributed by atoms with van der Waals surface area (Å²) in [5.74, 6) is 0.838. The molecule has 1 amide bonds. The van der Waals surface area contributed by atoms with Crippen LogP contribution >= 0.6 is 0 Å². The molecule has 0 unspecified atom stereocenters. The monoisotopic (exact) mass is 312 g/mol. The van der Waals surface area contributed by atoms with Gasteiger partial charge in [0, 0.05) is 26.2 Å². The number of nitrogens with zero attached hydrogens (tertiary/aromatic N) is 2. The summed E-state index contributed by atoms with van der Waals surface area (Å²) >= 11 is 0. The summed E-state index contributed by atoms with van der Waals surface area (Å²) < 4.78 is 0. The van der Waals surface area contributed by atoms with E-state index in [4.69, 9.17) is 0 Å². The molecule has 3 rings (SSSR count). The Morgan fingerprint density at radius 2 is 2.09 bits per heavy atom. The van der Waals surface area contributed by atoms with Crippen molar-refractivity contribution in [1.82, 2.24) is 15.5 Å². The van der Waals surface area contributed by atoms with Crippen LogP contribution in [0.25, 0.3) is 5.57 Å². The molecule has 5 nitrogen and oxygen atoms in total. The van der Waals surface area contributed by atoms with Crippen molar-refractivity contribution in [1.29, 1.82) is 0 Å². The van der Waals surface area contributed by atoms with Gasteiger partial charge in [-0.15, -0.1) is 0 Å². The summed E-state index contributed by atoms with van der Waals surface area (Å²) in [6.07, 6.45) is 5.45. The van der Waals surface area contributed by atoms with Crippen molar-refractivity contribution in [3.63, 3.8) is 0 Å². The number of hydrogen-bond acceptors (Lipinski definition) is 2. The first-order valence-corrected chi connectivity index (χ1v) is 8.25. The van der Waals surface area contributed by atoms with Crippen LogP contribution in [0, 0.1) is 0 Å². The lowest BCUT2D eigenvalue weighted by atomic mass is 10.00. The summed E-state index contributed by atoms with van der Waals surface area (Å²) in [5, 5.41) is 6.14. The number of benzene rings is 1. The van der Waals surface area contributed by atoms with Gasteiger partial charge in [0.2, 0.25) is 5.91 Å². The molecule has 5 heteroatoms. The largest absolute Gasteiger partial charge is 0.352 e. The van der Waals surface area contributed by atoms with E-state index in [0.717, 1.165) is 38.3 Å². The van der Waals surface area contributed by atoms with Crippen LogP contribution in [0.15, 0.2) is 41.4 Å². The predicted molar refractivity (Wildman–Crippen MR) is 93.1 cm³/mol. The lowest BCUT2D eigenvalue weighted by Crippen LogP contribution is -2.47. The Hall–Kier alpha value is -2.30. The van der Waals surface area contributed by atoms with E-state index in [1.54, 1.807) is 7.05 Å². The first-order chi connectivity index (χ1) is 11.3. The topological polar surface area (TPSA) is 56.7 Å². The zero-order valence-electron chi connectivity index (χ0n) is 13.6. The van der Waals surface area contributed by atoms with Gasteiger partial charge in [-0.1, -0.05) is 36.4 Å². The smallest absolute Gasteiger partial charge is 0.239 e. The third-order valence-electron chi connectivity index (χ3n) is 4.21. The van der Waals surface area contributed by atoms with E-state index in [-0.39, 0.29) is 12.5 Å². The normalized spacial score (nSPS) is 18.4. The number of nitrogens with one attached hydrogen (secondary N) is 2. The zero-order valence-corrected chi connectivity index (χ0v) is 13.6. The summed E-state index contributed by atoms with van der Waals surface area (Å²) in [7, 11) is 1.76. The number of carbonyl (C=O) groups excluding carboxylic acids is 1. The Bertz CT molecular complexity index is 605. The SMILES string of the molecule is CN=C(NCC(=O)NC1CC1)N1CC=C(c2ccccc2)CC1. The van der Waals surface area contributed by atoms with Crippen molar-refractivity contribution in [2.45, 2.75) is 25.3 Å². The van der Waals surface area contributed by atoms with E-state index in [1.165, 1.54) is 11.1 Å². The number of amides is 1. The highest BCUT2D eigenvalue weighted by molar-refractivity contribution is 5.87. The first kappa shape index (κ1) is 15.6. The highest BCUT2D eigenvalue weighted by Gasteiger charge is 2.23. The van der Waals surface area contributed by atoms with Gasteiger partial charge < -0.3 is 15.5 Å². The number of aliphatic imine (C=N–C) groups is 1. The number of guanidine groups is 1. The molecular weight excluding hydrogens is 288 g/mol. The fourth-order valence-corrected chi connectivity index (χ4v) is 2.77. The number of carbonyl (C=O) groups is 1. The molecule has 1 fully saturated rings. The average molecular weight is 312 g/mol. The van der Waals surface area contributed by atoms with Crippen LogP contribution in [0.4, 0.5) is 0 Å². The fraction of sp³-hybridized carbons (Fsp3) is 0.444. The maximum Gasteiger partial charge on any atom is 0.239 e. The van der Waals surface area contributed by atoms with Gasteiger partial charge in [-0.2, -0.15) is 0 Å². The molecule has 0 bridgehead atoms. The third kappa shape index (κ3) is 4.34. The summed E-state index contributed by atoms with van der Waals surface area (Å²) in [6.45, 7) is 2.01. The summed E-state index contributed by atoms with van der Waals surface area (Å²) in [6, 6.07) is 10.9. The molecule has 1 aliphatic carbocycles. The van der Waals surface area contributed by atoms with Crippen LogP contribution in [-0.2, 0) is 4.79 Å². The van der Waals surface area contributed by atoms with E-state index in [0.29, 0.717) is 6.04 Å². The maximum atomic E-state index is 11.8. The van der Waals surface area contributed by atoms with Gasteiger partial charge in [0.05, 0.1) is 6.54 Å². The molecule has 1 aromatic rings. The molecule has 2 aliphatic rings. The lowest BCUT2D eigenvalue weighted by molar-refractivity contribution is -0.120. The van der Waals surface area contributed by atoms with E-state index >= 15 is 0 Å². The Balaban J connectivity index is 1.52. The molecular formula is C18H24N4O. The van der Waals surface area contributed by atoms with E-state index in [2.05, 4.69) is 50.9 Å². The van der Waals surface area contributed by atoms with Gasteiger partial charge in [0.25, 0.3) is 0 Å². The summed E-state index contributed by atoms with van der Waals surface area (Å²) in [4.78, 5) is 18.3. The van der Waals surface area contributed by atoms with Gasteiger partial charge in [-0.25, -0.2) is 0 Å². The molecule has 1 aromatic carbocycles. The molecule has 0 saturated heterocycles. The lowest BCUT2D eigenvalue weighted by Gasteiger charge is -2.29. The Labute approximate surface area is 137 Å². The van der Waals surface area contributed by atoms with Gasteiger partial charge in [-0.05, 0) is 30.4 Å². The van der Waals surface area contributed by atoms with Crippen LogP contribution in [0.3, 0.4) is 0 Å².